The molecule has 1 aliphatic rings. The first-order valence-corrected chi connectivity index (χ1v) is 10.9. The van der Waals surface area contributed by atoms with Crippen LogP contribution >= 0.6 is 0 Å². The number of ether oxygens (including phenoxy) is 2. The van der Waals surface area contributed by atoms with Crippen LogP contribution in [0.2, 0.25) is 0 Å². The molecule has 0 spiro atoms. The second kappa shape index (κ2) is 10.2. The second-order valence-electron chi connectivity index (χ2n) is 7.99. The molecular formula is C25H29N3O3. The lowest BCUT2D eigenvalue weighted by Gasteiger charge is -2.14. The number of nitrogens with zero attached hydrogens (tertiary/aromatic N) is 2. The van der Waals surface area contributed by atoms with E-state index in [-0.39, 0.29) is 5.91 Å². The summed E-state index contributed by atoms with van der Waals surface area (Å²) in [5.41, 5.74) is 1.87. The third-order valence-corrected chi connectivity index (χ3v) is 5.57. The van der Waals surface area contributed by atoms with Crippen LogP contribution in [0.5, 0.6) is 11.5 Å². The molecule has 0 saturated heterocycles. The van der Waals surface area contributed by atoms with Gasteiger partial charge < -0.3 is 19.4 Å². The maximum absolute atomic E-state index is 12.4. The molecule has 2 aromatic carbocycles. The number of amides is 1. The molecule has 6 nitrogen and oxygen atoms in total. The molecule has 0 unspecified atom stereocenters. The molecule has 6 heteroatoms. The molecule has 0 atom stereocenters. The zero-order valence-electron chi connectivity index (χ0n) is 17.9. The summed E-state index contributed by atoms with van der Waals surface area (Å²) in [6.45, 7) is 0.402. The van der Waals surface area contributed by atoms with Gasteiger partial charge in [0.2, 0.25) is 5.91 Å². The van der Waals surface area contributed by atoms with Crippen LogP contribution in [0.4, 0.5) is 5.69 Å². The normalized spacial score (nSPS) is 13.8. The SMILES string of the molecule is Cn1ccnc1COc1ccc(NC(=O)CCc2cccc(OC3CCCC3)c2)cc1. The fourth-order valence-electron chi connectivity index (χ4n) is 3.77. The van der Waals surface area contributed by atoms with Crippen molar-refractivity contribution in [3.63, 3.8) is 0 Å². The Morgan fingerprint density at radius 2 is 1.94 bits per heavy atom. The van der Waals surface area contributed by atoms with Gasteiger partial charge in [0.05, 0.1) is 6.10 Å². The van der Waals surface area contributed by atoms with Crippen LogP contribution in [0.1, 0.15) is 43.5 Å². The molecule has 1 aliphatic carbocycles. The topological polar surface area (TPSA) is 65.4 Å². The molecule has 1 aromatic heterocycles. The number of carbonyl (C=O) groups is 1. The quantitative estimate of drug-likeness (QED) is 0.536. The molecule has 1 N–H and O–H groups in total. The van der Waals surface area contributed by atoms with Gasteiger partial charge in [-0.3, -0.25) is 4.79 Å². The van der Waals surface area contributed by atoms with Crippen LogP contribution < -0.4 is 14.8 Å². The van der Waals surface area contributed by atoms with Crippen LogP contribution in [0, 0.1) is 0 Å². The van der Waals surface area contributed by atoms with Crippen molar-refractivity contribution >= 4 is 11.6 Å². The summed E-state index contributed by atoms with van der Waals surface area (Å²) in [6.07, 6.45) is 9.85. The molecule has 4 rings (SSSR count). The van der Waals surface area contributed by atoms with E-state index in [0.29, 0.717) is 25.6 Å². The van der Waals surface area contributed by atoms with Crippen molar-refractivity contribution in [1.29, 1.82) is 0 Å². The minimum Gasteiger partial charge on any atom is -0.490 e. The van der Waals surface area contributed by atoms with Crippen LogP contribution in [0.25, 0.3) is 0 Å². The van der Waals surface area contributed by atoms with Crippen molar-refractivity contribution in [1.82, 2.24) is 9.55 Å². The molecule has 0 aliphatic heterocycles. The van der Waals surface area contributed by atoms with Gasteiger partial charge in [-0.2, -0.15) is 0 Å². The minimum absolute atomic E-state index is 0.0104. The van der Waals surface area contributed by atoms with Crippen LogP contribution in [-0.2, 0) is 24.9 Å². The highest BCUT2D eigenvalue weighted by molar-refractivity contribution is 5.90. The molecule has 0 bridgehead atoms. The van der Waals surface area contributed by atoms with E-state index in [1.54, 1.807) is 6.20 Å². The predicted molar refractivity (Wildman–Crippen MR) is 120 cm³/mol. The summed E-state index contributed by atoms with van der Waals surface area (Å²) in [5, 5.41) is 2.95. The van der Waals surface area contributed by atoms with E-state index in [2.05, 4.69) is 16.4 Å². The highest BCUT2D eigenvalue weighted by atomic mass is 16.5. The summed E-state index contributed by atoms with van der Waals surface area (Å²) >= 11 is 0. The molecule has 1 amide bonds. The number of aromatic nitrogens is 2. The summed E-state index contributed by atoms with van der Waals surface area (Å²) in [7, 11) is 1.93. The zero-order chi connectivity index (χ0) is 21.5. The van der Waals surface area contributed by atoms with Gasteiger partial charge in [0.25, 0.3) is 0 Å². The van der Waals surface area contributed by atoms with Crippen molar-refractivity contribution in [2.45, 2.75) is 51.2 Å². The maximum atomic E-state index is 12.4. The lowest BCUT2D eigenvalue weighted by Crippen LogP contribution is -2.13. The third kappa shape index (κ3) is 6.10. The van der Waals surface area contributed by atoms with Gasteiger partial charge in [-0.25, -0.2) is 4.98 Å². The number of benzene rings is 2. The smallest absolute Gasteiger partial charge is 0.224 e. The Kier molecular flexibility index (Phi) is 6.87. The van der Waals surface area contributed by atoms with E-state index in [1.165, 1.54) is 12.8 Å². The number of anilines is 1. The number of carbonyl (C=O) groups excluding carboxylic acids is 1. The van der Waals surface area contributed by atoms with Crippen molar-refractivity contribution < 1.29 is 14.3 Å². The number of aryl methyl sites for hydroxylation is 2. The van der Waals surface area contributed by atoms with E-state index in [1.807, 2.05) is 60.3 Å². The Hall–Kier alpha value is -3.28. The minimum atomic E-state index is -0.0104. The summed E-state index contributed by atoms with van der Waals surface area (Å²) in [4.78, 5) is 16.6. The van der Waals surface area contributed by atoms with Crippen LogP contribution in [0.3, 0.4) is 0 Å². The standard InChI is InChI=1S/C25H29N3O3/c1-28-16-15-26-24(28)18-30-21-12-10-20(11-13-21)27-25(29)14-9-19-5-4-8-23(17-19)31-22-6-2-3-7-22/h4-5,8,10-13,15-17,22H,2-3,6-7,9,14,18H2,1H3,(H,27,29). The molecular weight excluding hydrogens is 390 g/mol. The summed E-state index contributed by atoms with van der Waals surface area (Å²) < 4.78 is 13.7. The average Bonchev–Trinajstić information content (AvgIpc) is 3.44. The molecule has 1 saturated carbocycles. The van der Waals surface area contributed by atoms with E-state index in [9.17, 15) is 4.79 Å². The molecule has 1 heterocycles. The fraction of sp³-hybridized carbons (Fsp3) is 0.360. The highest BCUT2D eigenvalue weighted by Gasteiger charge is 2.16. The monoisotopic (exact) mass is 419 g/mol. The third-order valence-electron chi connectivity index (χ3n) is 5.57. The number of imidazole rings is 1. The van der Waals surface area contributed by atoms with Gasteiger partial charge in [-0.1, -0.05) is 12.1 Å². The van der Waals surface area contributed by atoms with Crippen molar-refractivity contribution in [2.24, 2.45) is 7.05 Å². The number of nitrogens with one attached hydrogen (secondary N) is 1. The average molecular weight is 420 g/mol. The summed E-state index contributed by atoms with van der Waals surface area (Å²) in [6, 6.07) is 15.5. The first-order valence-electron chi connectivity index (χ1n) is 10.9. The predicted octanol–water partition coefficient (Wildman–Crippen LogP) is 4.89. The second-order valence-corrected chi connectivity index (χ2v) is 7.99. The first-order chi connectivity index (χ1) is 15.2. The Balaban J connectivity index is 1.23. The van der Waals surface area contributed by atoms with E-state index in [4.69, 9.17) is 9.47 Å². The summed E-state index contributed by atoms with van der Waals surface area (Å²) in [5.74, 6) is 2.49. The largest absolute Gasteiger partial charge is 0.490 e. The Bertz CT molecular complexity index is 991. The van der Waals surface area contributed by atoms with Gasteiger partial charge >= 0.3 is 0 Å². The molecule has 0 radical (unpaired) electrons. The van der Waals surface area contributed by atoms with Crippen LogP contribution in [-0.4, -0.2) is 21.6 Å². The lowest BCUT2D eigenvalue weighted by atomic mass is 10.1. The molecule has 162 valence electrons. The van der Waals surface area contributed by atoms with Gasteiger partial charge in [-0.05, 0) is 74.1 Å². The first kappa shape index (κ1) is 21.0. The van der Waals surface area contributed by atoms with Crippen molar-refractivity contribution in [3.8, 4) is 11.5 Å². The molecule has 31 heavy (non-hydrogen) atoms. The van der Waals surface area contributed by atoms with Gasteiger partial charge in [0, 0.05) is 31.5 Å². The Morgan fingerprint density at radius 3 is 2.68 bits per heavy atom. The molecule has 1 fully saturated rings. The van der Waals surface area contributed by atoms with Crippen LogP contribution in [0.15, 0.2) is 60.9 Å². The van der Waals surface area contributed by atoms with Crippen molar-refractivity contribution in [2.75, 3.05) is 5.32 Å². The number of hydrogen-bond acceptors (Lipinski definition) is 4. The highest BCUT2D eigenvalue weighted by Crippen LogP contribution is 2.25. The number of rotatable bonds is 9. The van der Waals surface area contributed by atoms with Gasteiger partial charge in [0.15, 0.2) is 0 Å². The van der Waals surface area contributed by atoms with Gasteiger partial charge in [0.1, 0.15) is 23.9 Å². The van der Waals surface area contributed by atoms with E-state index in [0.717, 1.165) is 41.4 Å². The van der Waals surface area contributed by atoms with E-state index < -0.39 is 0 Å². The zero-order valence-corrected chi connectivity index (χ0v) is 17.9. The maximum Gasteiger partial charge on any atom is 0.224 e. The van der Waals surface area contributed by atoms with E-state index >= 15 is 0 Å². The lowest BCUT2D eigenvalue weighted by molar-refractivity contribution is -0.116. The Labute approximate surface area is 183 Å². The van der Waals surface area contributed by atoms with Crippen molar-refractivity contribution in [3.05, 3.63) is 72.3 Å². The van der Waals surface area contributed by atoms with Gasteiger partial charge in [-0.15, -0.1) is 0 Å². The fourth-order valence-corrected chi connectivity index (χ4v) is 3.77. The Morgan fingerprint density at radius 1 is 1.13 bits per heavy atom. The molecule has 3 aromatic rings. The number of hydrogen-bond donors (Lipinski definition) is 1.